The van der Waals surface area contributed by atoms with Crippen LogP contribution < -0.4 is 14.8 Å². The molecule has 0 aliphatic rings. The molecule has 0 aliphatic carbocycles. The molecule has 228 valence electrons. The average molecular weight is 578 g/mol. The summed E-state index contributed by atoms with van der Waals surface area (Å²) in [4.78, 5) is 59.6. The summed E-state index contributed by atoms with van der Waals surface area (Å²) in [5, 5.41) is 11.4. The Bertz CT molecular complexity index is 1100. The van der Waals surface area contributed by atoms with Crippen LogP contribution in [0.15, 0.2) is 24.3 Å². The van der Waals surface area contributed by atoms with Gasteiger partial charge >= 0.3 is 30.0 Å². The maximum Gasteiger partial charge on any atom is 0.407 e. The van der Waals surface area contributed by atoms with E-state index in [1.807, 2.05) is 6.92 Å². The fraction of sp³-hybridized carbons (Fsp3) is 0.567. The van der Waals surface area contributed by atoms with Crippen molar-refractivity contribution in [2.24, 2.45) is 5.92 Å². The van der Waals surface area contributed by atoms with Crippen LogP contribution >= 0.6 is 0 Å². The number of ether oxygens (including phenoxy) is 4. The van der Waals surface area contributed by atoms with Crippen molar-refractivity contribution < 1.29 is 48.0 Å². The molecule has 0 heterocycles. The highest BCUT2D eigenvalue weighted by atomic mass is 16.6. The molecule has 1 atom stereocenters. The van der Waals surface area contributed by atoms with E-state index in [2.05, 4.69) is 5.32 Å². The molecule has 2 N–H and O–H groups in total. The topological polar surface area (TPSA) is 155 Å². The number of amides is 1. The Labute approximate surface area is 241 Å². The fourth-order valence-electron chi connectivity index (χ4n) is 3.41. The Kier molecular flexibility index (Phi) is 14.0. The molecule has 0 aliphatic heterocycles. The van der Waals surface area contributed by atoms with Crippen LogP contribution in [0.4, 0.5) is 4.79 Å². The Balaban J connectivity index is 2.72. The van der Waals surface area contributed by atoms with Crippen molar-refractivity contribution in [1.82, 2.24) is 5.32 Å². The lowest BCUT2D eigenvalue weighted by molar-refractivity contribution is -0.156. The van der Waals surface area contributed by atoms with E-state index in [0.29, 0.717) is 18.4 Å². The molecule has 0 saturated heterocycles. The predicted molar refractivity (Wildman–Crippen MR) is 151 cm³/mol. The van der Waals surface area contributed by atoms with E-state index in [9.17, 15) is 24.0 Å². The monoisotopic (exact) mass is 577 g/mol. The van der Waals surface area contributed by atoms with E-state index in [-0.39, 0.29) is 55.6 Å². The summed E-state index contributed by atoms with van der Waals surface area (Å²) in [5.41, 5.74) is -0.787. The molecule has 1 aromatic carbocycles. The molecule has 41 heavy (non-hydrogen) atoms. The van der Waals surface area contributed by atoms with Crippen molar-refractivity contribution in [3.63, 3.8) is 0 Å². The van der Waals surface area contributed by atoms with Crippen LogP contribution in [-0.2, 0) is 28.7 Å². The molecule has 0 saturated carbocycles. The van der Waals surface area contributed by atoms with Crippen LogP contribution in [-0.4, -0.2) is 52.8 Å². The first kappa shape index (κ1) is 35.1. The molecule has 11 nitrogen and oxygen atoms in total. The molecule has 1 unspecified atom stereocenters. The van der Waals surface area contributed by atoms with Crippen molar-refractivity contribution in [3.8, 4) is 11.5 Å². The number of carboxylic acids is 1. The second kappa shape index (κ2) is 16.4. The smallest absolute Gasteiger partial charge is 0.407 e. The third kappa shape index (κ3) is 17.4. The minimum Gasteiger partial charge on any atom is -0.478 e. The lowest BCUT2D eigenvalue weighted by Gasteiger charge is -2.20. The first-order valence-corrected chi connectivity index (χ1v) is 13.6. The Morgan fingerprint density at radius 1 is 0.854 bits per heavy atom. The first-order chi connectivity index (χ1) is 18.9. The second-order valence-electron chi connectivity index (χ2n) is 11.6. The van der Waals surface area contributed by atoms with Gasteiger partial charge in [-0.25, -0.2) is 9.59 Å². The van der Waals surface area contributed by atoms with Gasteiger partial charge in [0, 0.05) is 31.9 Å². The Hall–Kier alpha value is -3.89. The van der Waals surface area contributed by atoms with Gasteiger partial charge in [-0.1, -0.05) is 13.0 Å². The van der Waals surface area contributed by atoms with Gasteiger partial charge in [-0.05, 0) is 90.5 Å². The zero-order chi connectivity index (χ0) is 31.2. The van der Waals surface area contributed by atoms with E-state index < -0.39 is 35.2 Å². The SMILES string of the molecule is CC(CCCC(=O)Oc1ccc(/C=C/C(=O)O)cc1OC(=O)CCCNC(=O)OC(C)(C)C)CC(=O)OC(C)(C)C. The van der Waals surface area contributed by atoms with E-state index in [1.165, 1.54) is 24.3 Å². The van der Waals surface area contributed by atoms with Crippen LogP contribution in [0.5, 0.6) is 11.5 Å². The van der Waals surface area contributed by atoms with Gasteiger partial charge in [-0.3, -0.25) is 14.4 Å². The van der Waals surface area contributed by atoms with Crippen molar-refractivity contribution in [3.05, 3.63) is 29.8 Å². The second-order valence-corrected chi connectivity index (χ2v) is 11.6. The number of carboxylic acid groups (broad SMARTS) is 1. The van der Waals surface area contributed by atoms with Crippen LogP contribution in [0.2, 0.25) is 0 Å². The number of esters is 3. The molecule has 0 fully saturated rings. The van der Waals surface area contributed by atoms with Crippen LogP contribution in [0.1, 0.15) is 92.6 Å². The number of nitrogens with one attached hydrogen (secondary N) is 1. The molecule has 0 spiro atoms. The maximum atomic E-state index is 12.5. The highest BCUT2D eigenvalue weighted by molar-refractivity contribution is 5.85. The zero-order valence-electron chi connectivity index (χ0n) is 25.0. The summed E-state index contributed by atoms with van der Waals surface area (Å²) in [6.07, 6.45) is 3.25. The molecule has 1 amide bonds. The summed E-state index contributed by atoms with van der Waals surface area (Å²) in [5.74, 6) is -2.67. The van der Waals surface area contributed by atoms with Gasteiger partial charge in [0.15, 0.2) is 11.5 Å². The summed E-state index contributed by atoms with van der Waals surface area (Å²) in [6.45, 7) is 12.7. The lowest BCUT2D eigenvalue weighted by atomic mass is 10.0. The summed E-state index contributed by atoms with van der Waals surface area (Å²) >= 11 is 0. The summed E-state index contributed by atoms with van der Waals surface area (Å²) in [7, 11) is 0. The molecule has 0 radical (unpaired) electrons. The van der Waals surface area contributed by atoms with Crippen LogP contribution in [0.3, 0.4) is 0 Å². The van der Waals surface area contributed by atoms with Crippen molar-refractivity contribution in [2.75, 3.05) is 6.54 Å². The first-order valence-electron chi connectivity index (χ1n) is 13.6. The van der Waals surface area contributed by atoms with Gasteiger partial charge in [0.05, 0.1) is 0 Å². The van der Waals surface area contributed by atoms with E-state index in [0.717, 1.165) is 6.08 Å². The van der Waals surface area contributed by atoms with Crippen molar-refractivity contribution in [1.29, 1.82) is 0 Å². The summed E-state index contributed by atoms with van der Waals surface area (Å²) in [6, 6.07) is 4.33. The molecule has 11 heteroatoms. The zero-order valence-corrected chi connectivity index (χ0v) is 25.0. The largest absolute Gasteiger partial charge is 0.478 e. The maximum absolute atomic E-state index is 12.5. The molecule has 0 bridgehead atoms. The van der Waals surface area contributed by atoms with Gasteiger partial charge in [0.25, 0.3) is 0 Å². The number of hydrogen-bond acceptors (Lipinski definition) is 9. The molecular weight excluding hydrogens is 534 g/mol. The molecule has 1 rings (SSSR count). The van der Waals surface area contributed by atoms with Gasteiger partial charge in [-0.15, -0.1) is 0 Å². The average Bonchev–Trinajstić information content (AvgIpc) is 2.79. The Morgan fingerprint density at radius 2 is 1.44 bits per heavy atom. The number of carbonyl (C=O) groups is 5. The van der Waals surface area contributed by atoms with Crippen LogP contribution in [0.25, 0.3) is 6.08 Å². The van der Waals surface area contributed by atoms with Gasteiger partial charge in [0.1, 0.15) is 11.2 Å². The molecular formula is C30H43NO10. The van der Waals surface area contributed by atoms with Gasteiger partial charge in [-0.2, -0.15) is 0 Å². The standard InChI is InChI=1S/C30H43NO10/c1-20(18-27(36)40-29(2,3)4)10-8-11-25(34)38-22-15-13-21(14-16-24(32)33)19-23(22)39-26(35)12-9-17-31-28(37)41-30(5,6)7/h13-16,19-20H,8-12,17-18H2,1-7H3,(H,31,37)(H,32,33)/b16-14+. The van der Waals surface area contributed by atoms with E-state index in [4.69, 9.17) is 24.1 Å². The number of carbonyl (C=O) groups excluding carboxylic acids is 4. The predicted octanol–water partition coefficient (Wildman–Crippen LogP) is 5.44. The van der Waals surface area contributed by atoms with Gasteiger partial charge < -0.3 is 29.4 Å². The Morgan fingerprint density at radius 3 is 2.02 bits per heavy atom. The lowest BCUT2D eigenvalue weighted by Crippen LogP contribution is -2.33. The number of rotatable bonds is 14. The van der Waals surface area contributed by atoms with Crippen molar-refractivity contribution >= 4 is 36.0 Å². The highest BCUT2D eigenvalue weighted by Gasteiger charge is 2.20. The van der Waals surface area contributed by atoms with Crippen LogP contribution in [0, 0.1) is 5.92 Å². The molecule has 0 aromatic heterocycles. The number of alkyl carbamates (subject to hydrolysis) is 1. The molecule has 1 aromatic rings. The summed E-state index contributed by atoms with van der Waals surface area (Å²) < 4.78 is 21.3. The third-order valence-corrected chi connectivity index (χ3v) is 5.07. The van der Waals surface area contributed by atoms with Gasteiger partial charge in [0.2, 0.25) is 0 Å². The normalized spacial score (nSPS) is 12.4. The number of benzene rings is 1. The minimum atomic E-state index is -1.16. The van der Waals surface area contributed by atoms with Crippen molar-refractivity contribution in [2.45, 2.75) is 98.2 Å². The quantitative estimate of drug-likeness (QED) is 0.126. The van der Waals surface area contributed by atoms with E-state index in [1.54, 1.807) is 41.5 Å². The fourth-order valence-corrected chi connectivity index (χ4v) is 3.41. The minimum absolute atomic E-state index is 0.00417. The highest BCUT2D eigenvalue weighted by Crippen LogP contribution is 2.30. The number of hydrogen-bond donors (Lipinski definition) is 2. The number of aliphatic carboxylic acids is 1. The van der Waals surface area contributed by atoms with E-state index >= 15 is 0 Å². The third-order valence-electron chi connectivity index (χ3n) is 5.07.